The molecule has 0 amide bonds. The van der Waals surface area contributed by atoms with Crippen LogP contribution in [0.25, 0.3) is 11.1 Å². The minimum atomic E-state index is 0. The molecule has 3 heteroatoms. The van der Waals surface area contributed by atoms with Crippen LogP contribution in [0.2, 0.25) is 0 Å². The molecule has 0 fully saturated rings. The number of benzene rings is 2. The molecule has 0 radical (unpaired) electrons. The maximum absolute atomic E-state index is 3.55. The van der Waals surface area contributed by atoms with Crippen LogP contribution >= 0.6 is 0 Å². The van der Waals surface area contributed by atoms with E-state index in [2.05, 4.69) is 91.8 Å². The van der Waals surface area contributed by atoms with Gasteiger partial charge in [0.15, 0.2) is 0 Å². The Hall–Kier alpha value is -0.890. The Labute approximate surface area is 223 Å². The first-order chi connectivity index (χ1) is 13.9. The van der Waals surface area contributed by atoms with E-state index < -0.39 is 0 Å². The van der Waals surface area contributed by atoms with Gasteiger partial charge in [0.1, 0.15) is 0 Å². The van der Waals surface area contributed by atoms with Crippen molar-refractivity contribution in [3.63, 3.8) is 0 Å². The molecule has 0 aliphatic heterocycles. The van der Waals surface area contributed by atoms with Gasteiger partial charge in [-0.3, -0.25) is 0 Å². The molecule has 0 unspecified atom stereocenters. The van der Waals surface area contributed by atoms with Gasteiger partial charge in [-0.25, -0.2) is 12.1 Å². The van der Waals surface area contributed by atoms with E-state index in [4.69, 9.17) is 0 Å². The third-order valence-electron chi connectivity index (χ3n) is 5.08. The van der Waals surface area contributed by atoms with Crippen molar-refractivity contribution in [1.82, 2.24) is 0 Å². The summed E-state index contributed by atoms with van der Waals surface area (Å²) in [5.74, 6) is 0. The average molecular weight is 634 g/mol. The fourth-order valence-electron chi connectivity index (χ4n) is 3.58. The van der Waals surface area contributed by atoms with Crippen molar-refractivity contribution in [3.8, 4) is 11.1 Å². The Morgan fingerprint density at radius 3 is 1.88 bits per heavy atom. The molecule has 32 heavy (non-hydrogen) atoms. The van der Waals surface area contributed by atoms with E-state index in [1.165, 1.54) is 57.3 Å². The summed E-state index contributed by atoms with van der Waals surface area (Å²) < 4.78 is 1.56. The minimum absolute atomic E-state index is 0. The number of fused-ring (bicyclic) bond motifs is 3. The van der Waals surface area contributed by atoms with Gasteiger partial charge in [-0.15, -0.1) is 5.56 Å². The summed E-state index contributed by atoms with van der Waals surface area (Å²) >= 11 is 1.27. The molecule has 3 aromatic carbocycles. The predicted octanol–water partition coefficient (Wildman–Crippen LogP) is 1.81. The average Bonchev–Trinajstić information content (AvgIpc) is 3.30. The fraction of sp³-hybridized carbons (Fsp3) is 0.379. The summed E-state index contributed by atoms with van der Waals surface area (Å²) in [5.41, 5.74) is 8.88. The zero-order chi connectivity index (χ0) is 22.5. The summed E-state index contributed by atoms with van der Waals surface area (Å²) in [6, 6.07) is 24.9. The molecular formula is C29H36Cl2Hf-2. The summed E-state index contributed by atoms with van der Waals surface area (Å²) in [6.07, 6.45) is 1.03. The minimum Gasteiger partial charge on any atom is -1.00 e. The van der Waals surface area contributed by atoms with Gasteiger partial charge in [-0.1, -0.05) is 70.7 Å². The summed E-state index contributed by atoms with van der Waals surface area (Å²) in [4.78, 5) is 0. The standard InChI is InChI=1S/C21H25.C5H5.C3H6.2ClH.Hf/c1-20(2,3)15-11-10-14-12-18-16(17(14)13-15)8-7-9-19(18)21(4,5)6;1-2-4-5-3-1;1-3-2;;;/h7-9,11,13H,12H2,1-6H3;1-5H;1-2H3;2*1H;/q2*-1;;;;+2/p-2. The topological polar surface area (TPSA) is 0 Å². The van der Waals surface area contributed by atoms with Crippen molar-refractivity contribution in [1.29, 1.82) is 0 Å². The van der Waals surface area contributed by atoms with Gasteiger partial charge in [-0.2, -0.15) is 47.5 Å². The molecule has 0 atom stereocenters. The number of halogens is 2. The first-order valence-corrected chi connectivity index (χ1v) is 12.6. The van der Waals surface area contributed by atoms with E-state index in [-0.39, 0.29) is 35.6 Å². The third kappa shape index (κ3) is 8.81. The van der Waals surface area contributed by atoms with E-state index in [0.717, 1.165) is 6.42 Å². The SMILES string of the molecule is CC(C)(C)c1c[c-]c2c(c1)-c1cccc(C(C)(C)C)c1C2.C[C](C)=[Hf+2].[Cl-].[Cl-].c1cc[cH-]c1. The Morgan fingerprint density at radius 2 is 1.44 bits per heavy atom. The van der Waals surface area contributed by atoms with E-state index in [1.54, 1.807) is 3.26 Å². The largest absolute Gasteiger partial charge is 1.00 e. The Bertz CT molecular complexity index is 950. The van der Waals surface area contributed by atoms with Crippen molar-refractivity contribution < 1.29 is 48.7 Å². The Balaban J connectivity index is 0.000000739. The van der Waals surface area contributed by atoms with Gasteiger partial charge in [0, 0.05) is 0 Å². The van der Waals surface area contributed by atoms with Gasteiger partial charge in [0.2, 0.25) is 0 Å². The molecule has 4 rings (SSSR count). The molecule has 0 aromatic heterocycles. The molecule has 172 valence electrons. The normalized spacial score (nSPS) is 11.3. The van der Waals surface area contributed by atoms with Crippen LogP contribution < -0.4 is 24.8 Å². The van der Waals surface area contributed by atoms with Crippen LogP contribution in [0.15, 0.2) is 60.7 Å². The van der Waals surface area contributed by atoms with E-state index in [1.807, 2.05) is 30.3 Å². The number of hydrogen-bond donors (Lipinski definition) is 0. The summed E-state index contributed by atoms with van der Waals surface area (Å²) in [7, 11) is 0. The molecule has 1 aliphatic rings. The van der Waals surface area contributed by atoms with Crippen LogP contribution in [0.5, 0.6) is 0 Å². The van der Waals surface area contributed by atoms with Crippen LogP contribution in [0.1, 0.15) is 77.6 Å². The van der Waals surface area contributed by atoms with Crippen molar-refractivity contribution in [2.24, 2.45) is 0 Å². The second-order valence-electron chi connectivity index (χ2n) is 10.3. The van der Waals surface area contributed by atoms with Crippen LogP contribution in [0.3, 0.4) is 0 Å². The fourth-order valence-corrected chi connectivity index (χ4v) is 3.58. The maximum atomic E-state index is 3.55. The molecule has 0 saturated heterocycles. The predicted molar refractivity (Wildman–Crippen MR) is 129 cm³/mol. The molecule has 0 spiro atoms. The molecule has 0 bridgehead atoms. The Kier molecular flexibility index (Phi) is 12.7. The smallest absolute Gasteiger partial charge is 0.172 e. The first kappa shape index (κ1) is 31.1. The third-order valence-corrected chi connectivity index (χ3v) is 5.08. The molecule has 0 saturated carbocycles. The monoisotopic (exact) mass is 634 g/mol. The number of hydrogen-bond acceptors (Lipinski definition) is 0. The summed E-state index contributed by atoms with van der Waals surface area (Å²) in [5, 5.41) is 0. The molecule has 1 aliphatic carbocycles. The summed E-state index contributed by atoms with van der Waals surface area (Å²) in [6.45, 7) is 18.0. The van der Waals surface area contributed by atoms with Gasteiger partial charge < -0.3 is 24.8 Å². The molecular weight excluding hydrogens is 598 g/mol. The van der Waals surface area contributed by atoms with Crippen LogP contribution in [-0.2, 0) is 41.1 Å². The van der Waals surface area contributed by atoms with E-state index in [0.29, 0.717) is 0 Å². The maximum Gasteiger partial charge on any atom is -0.172 e. The van der Waals surface area contributed by atoms with Gasteiger partial charge in [0.25, 0.3) is 0 Å². The molecule has 0 N–H and O–H groups in total. The van der Waals surface area contributed by atoms with Gasteiger partial charge in [0.05, 0.1) is 0 Å². The molecule has 0 heterocycles. The van der Waals surface area contributed by atoms with Crippen molar-refractivity contribution in [2.75, 3.05) is 0 Å². The van der Waals surface area contributed by atoms with Crippen molar-refractivity contribution >= 4 is 3.26 Å². The van der Waals surface area contributed by atoms with Crippen molar-refractivity contribution in [3.05, 3.63) is 89.0 Å². The second-order valence-corrected chi connectivity index (χ2v) is 13.8. The second kappa shape index (κ2) is 13.1. The van der Waals surface area contributed by atoms with Crippen LogP contribution in [-0.4, -0.2) is 3.26 Å². The molecule has 3 aromatic rings. The molecule has 0 nitrogen and oxygen atoms in total. The van der Waals surface area contributed by atoms with Crippen LogP contribution in [0.4, 0.5) is 0 Å². The van der Waals surface area contributed by atoms with Gasteiger partial charge in [-0.05, 0) is 23.0 Å². The van der Waals surface area contributed by atoms with Crippen LogP contribution in [0, 0.1) is 6.07 Å². The van der Waals surface area contributed by atoms with E-state index in [9.17, 15) is 0 Å². The number of rotatable bonds is 0. The zero-order valence-corrected chi connectivity index (χ0v) is 25.8. The first-order valence-electron chi connectivity index (χ1n) is 10.8. The zero-order valence-electron chi connectivity index (χ0n) is 20.7. The van der Waals surface area contributed by atoms with E-state index >= 15 is 0 Å². The van der Waals surface area contributed by atoms with Crippen molar-refractivity contribution in [2.45, 2.75) is 72.6 Å². The van der Waals surface area contributed by atoms with Gasteiger partial charge >= 0.3 is 41.0 Å². The quantitative estimate of drug-likeness (QED) is 0.205. The Morgan fingerprint density at radius 1 is 0.875 bits per heavy atom.